The summed E-state index contributed by atoms with van der Waals surface area (Å²) >= 11 is 0. The first-order chi connectivity index (χ1) is 17.9. The Bertz CT molecular complexity index is 1330. The molecule has 4 aromatic rings. The smallest absolute Gasteiger partial charge is 0.269 e. The van der Waals surface area contributed by atoms with Crippen molar-refractivity contribution in [2.24, 2.45) is 5.92 Å². The van der Waals surface area contributed by atoms with E-state index in [0.717, 1.165) is 16.2 Å². The van der Waals surface area contributed by atoms with Crippen LogP contribution in [0.2, 0.25) is 0 Å². The van der Waals surface area contributed by atoms with Crippen LogP contribution < -0.4 is 26.5 Å². The number of nitrogens with one attached hydrogen (secondary N) is 3. The first-order valence-corrected chi connectivity index (χ1v) is 13.8. The molecule has 2 amide bonds. The Morgan fingerprint density at radius 3 is 1.43 bits per heavy atom. The van der Waals surface area contributed by atoms with Gasteiger partial charge in [-0.25, -0.2) is 0 Å². The topological polar surface area (TPSA) is 87.3 Å². The molecule has 0 radical (unpaired) electrons. The fraction of sp³-hybridized carbons (Fsp3) is 0.133. The third kappa shape index (κ3) is 6.23. The zero-order valence-corrected chi connectivity index (χ0v) is 21.7. The molecule has 0 unspecified atom stereocenters. The monoisotopic (exact) mass is 511 g/mol. The molecular formula is C30H30N3O3P. The SMILES string of the molecule is CC(C)[C@H](NP(=O)(c1ccccc1)c1ccccc1)c1ccc(C(=O)NNC(=O)c2ccccc2)cc1. The Balaban J connectivity index is 1.53. The van der Waals surface area contributed by atoms with E-state index in [1.807, 2.05) is 78.9 Å². The minimum Gasteiger partial charge on any atom is -0.297 e. The van der Waals surface area contributed by atoms with Crippen LogP contribution >= 0.6 is 7.29 Å². The third-order valence-corrected chi connectivity index (χ3v) is 8.78. The predicted octanol–water partition coefficient (Wildman–Crippen LogP) is 4.98. The molecule has 1 atom stereocenters. The Labute approximate surface area is 217 Å². The normalized spacial score (nSPS) is 12.1. The molecule has 0 aromatic heterocycles. The summed E-state index contributed by atoms with van der Waals surface area (Å²) in [7, 11) is -3.16. The number of benzene rings is 4. The minimum atomic E-state index is -3.16. The average molecular weight is 512 g/mol. The van der Waals surface area contributed by atoms with Crippen LogP contribution in [0.4, 0.5) is 0 Å². The van der Waals surface area contributed by atoms with Crippen molar-refractivity contribution in [3.05, 3.63) is 132 Å². The van der Waals surface area contributed by atoms with Gasteiger partial charge in [0, 0.05) is 27.8 Å². The molecule has 4 rings (SSSR count). The van der Waals surface area contributed by atoms with Crippen molar-refractivity contribution in [3.8, 4) is 0 Å². The lowest BCUT2D eigenvalue weighted by atomic mass is 9.96. The fourth-order valence-electron chi connectivity index (χ4n) is 4.07. The van der Waals surface area contributed by atoms with Crippen molar-refractivity contribution in [1.29, 1.82) is 0 Å². The highest BCUT2D eigenvalue weighted by Crippen LogP contribution is 2.43. The average Bonchev–Trinajstić information content (AvgIpc) is 2.95. The quantitative estimate of drug-likeness (QED) is 0.230. The molecular weight excluding hydrogens is 481 g/mol. The second-order valence-corrected chi connectivity index (χ2v) is 11.5. The molecule has 0 saturated heterocycles. The molecule has 0 aliphatic heterocycles. The molecule has 6 nitrogen and oxygen atoms in total. The largest absolute Gasteiger partial charge is 0.297 e. The van der Waals surface area contributed by atoms with Crippen molar-refractivity contribution < 1.29 is 14.2 Å². The predicted molar refractivity (Wildman–Crippen MR) is 148 cm³/mol. The number of carbonyl (C=O) groups excluding carboxylic acids is 2. The van der Waals surface area contributed by atoms with Crippen LogP contribution in [0, 0.1) is 5.92 Å². The van der Waals surface area contributed by atoms with E-state index in [2.05, 4.69) is 29.8 Å². The first-order valence-electron chi connectivity index (χ1n) is 12.1. The molecule has 0 saturated carbocycles. The summed E-state index contributed by atoms with van der Waals surface area (Å²) in [4.78, 5) is 24.8. The van der Waals surface area contributed by atoms with Gasteiger partial charge in [0.15, 0.2) is 0 Å². The Kier molecular flexibility index (Phi) is 8.34. The molecule has 0 fully saturated rings. The first kappa shape index (κ1) is 26.1. The summed E-state index contributed by atoms with van der Waals surface area (Å²) < 4.78 is 14.5. The van der Waals surface area contributed by atoms with Gasteiger partial charge in [-0.2, -0.15) is 0 Å². The number of hydrogen-bond donors (Lipinski definition) is 3. The summed E-state index contributed by atoms with van der Waals surface area (Å²) in [5, 5.41) is 4.95. The summed E-state index contributed by atoms with van der Waals surface area (Å²) in [5.41, 5.74) is 6.64. The number of hydrazine groups is 1. The lowest BCUT2D eigenvalue weighted by molar-refractivity contribution is 0.0846. The van der Waals surface area contributed by atoms with Crippen LogP contribution in [0.1, 0.15) is 46.2 Å². The van der Waals surface area contributed by atoms with Crippen LogP contribution in [-0.2, 0) is 4.57 Å². The van der Waals surface area contributed by atoms with Gasteiger partial charge in [0.1, 0.15) is 0 Å². The summed E-state index contributed by atoms with van der Waals surface area (Å²) in [5.74, 6) is -0.707. The standard InChI is InChI=1S/C30H30N3O3P/c1-22(2)28(33-37(36,26-14-8-4-9-15-26)27-16-10-5-11-17-27)23-18-20-25(21-19-23)30(35)32-31-29(34)24-12-6-3-7-13-24/h3-22,28H,1-2H3,(H,31,34)(H,32,35)(H,33,36)/t28-/m0/s1. The van der Waals surface area contributed by atoms with Crippen LogP contribution in [0.25, 0.3) is 0 Å². The highest BCUT2D eigenvalue weighted by molar-refractivity contribution is 7.76. The number of amides is 2. The maximum absolute atomic E-state index is 14.5. The lowest BCUT2D eigenvalue weighted by Gasteiger charge is -2.30. The van der Waals surface area contributed by atoms with Gasteiger partial charge >= 0.3 is 0 Å². The van der Waals surface area contributed by atoms with Crippen LogP contribution in [-0.4, -0.2) is 11.8 Å². The molecule has 0 heterocycles. The van der Waals surface area contributed by atoms with Gasteiger partial charge in [-0.1, -0.05) is 80.6 Å². The highest BCUT2D eigenvalue weighted by Gasteiger charge is 2.32. The molecule has 0 bridgehead atoms. The zero-order valence-electron chi connectivity index (χ0n) is 20.8. The maximum Gasteiger partial charge on any atom is 0.269 e. The molecule has 188 valence electrons. The molecule has 7 heteroatoms. The zero-order chi connectivity index (χ0) is 26.3. The number of hydrogen-bond acceptors (Lipinski definition) is 3. The van der Waals surface area contributed by atoms with Gasteiger partial charge < -0.3 is 0 Å². The molecule has 0 aliphatic carbocycles. The van der Waals surface area contributed by atoms with Gasteiger partial charge in [0.05, 0.1) is 0 Å². The minimum absolute atomic E-state index is 0.116. The third-order valence-electron chi connectivity index (χ3n) is 6.08. The van der Waals surface area contributed by atoms with E-state index >= 15 is 0 Å². The molecule has 3 N–H and O–H groups in total. The van der Waals surface area contributed by atoms with Gasteiger partial charge in [-0.05, 0) is 60.0 Å². The summed E-state index contributed by atoms with van der Waals surface area (Å²) in [6.45, 7) is 4.13. The van der Waals surface area contributed by atoms with Crippen molar-refractivity contribution in [2.45, 2.75) is 19.9 Å². The van der Waals surface area contributed by atoms with E-state index in [1.165, 1.54) is 0 Å². The van der Waals surface area contributed by atoms with E-state index in [9.17, 15) is 14.2 Å². The molecule has 37 heavy (non-hydrogen) atoms. The Morgan fingerprint density at radius 2 is 1.00 bits per heavy atom. The number of rotatable bonds is 8. The second-order valence-electron chi connectivity index (χ2n) is 9.03. The van der Waals surface area contributed by atoms with Crippen LogP contribution in [0.5, 0.6) is 0 Å². The van der Waals surface area contributed by atoms with Crippen LogP contribution in [0.3, 0.4) is 0 Å². The van der Waals surface area contributed by atoms with Crippen molar-refractivity contribution in [3.63, 3.8) is 0 Å². The van der Waals surface area contributed by atoms with Gasteiger partial charge in [0.2, 0.25) is 7.29 Å². The summed E-state index contributed by atoms with van der Waals surface area (Å²) in [6, 6.07) is 34.4. The van der Waals surface area contributed by atoms with Crippen molar-refractivity contribution in [2.75, 3.05) is 0 Å². The molecule has 0 spiro atoms. The Hall–Kier alpha value is -3.99. The van der Waals surface area contributed by atoms with Crippen molar-refractivity contribution in [1.82, 2.24) is 15.9 Å². The van der Waals surface area contributed by atoms with Crippen LogP contribution in [0.15, 0.2) is 115 Å². The Morgan fingerprint density at radius 1 is 0.595 bits per heavy atom. The highest BCUT2D eigenvalue weighted by atomic mass is 31.2. The fourth-order valence-corrected chi connectivity index (χ4v) is 6.69. The lowest BCUT2D eigenvalue weighted by Crippen LogP contribution is -2.41. The molecule has 0 aliphatic rings. The summed E-state index contributed by atoms with van der Waals surface area (Å²) in [6.07, 6.45) is 0. The van der Waals surface area contributed by atoms with E-state index in [1.54, 1.807) is 36.4 Å². The van der Waals surface area contributed by atoms with Gasteiger partial charge in [-0.3, -0.25) is 30.1 Å². The number of carbonyl (C=O) groups is 2. The molecule has 4 aromatic carbocycles. The van der Waals surface area contributed by atoms with Crippen molar-refractivity contribution >= 4 is 29.7 Å². The van der Waals surface area contributed by atoms with Gasteiger partial charge in [-0.15, -0.1) is 0 Å². The van der Waals surface area contributed by atoms with E-state index in [0.29, 0.717) is 11.1 Å². The second kappa shape index (κ2) is 11.8. The van der Waals surface area contributed by atoms with E-state index in [-0.39, 0.29) is 12.0 Å². The van der Waals surface area contributed by atoms with Gasteiger partial charge in [0.25, 0.3) is 11.8 Å². The van der Waals surface area contributed by atoms with E-state index < -0.39 is 19.1 Å². The maximum atomic E-state index is 14.5. The van der Waals surface area contributed by atoms with E-state index in [4.69, 9.17) is 0 Å².